The summed E-state index contributed by atoms with van der Waals surface area (Å²) in [6, 6.07) is 4.32. The molecule has 112 valence electrons. The Morgan fingerprint density at radius 3 is 3.18 bits per heavy atom. The highest BCUT2D eigenvalue weighted by molar-refractivity contribution is 7.98. The topological polar surface area (TPSA) is 83.2 Å². The largest absolute Gasteiger partial charge is 0.346 e. The first-order valence-corrected chi connectivity index (χ1v) is 8.41. The van der Waals surface area contributed by atoms with Gasteiger partial charge in [0.1, 0.15) is 12.0 Å². The summed E-state index contributed by atoms with van der Waals surface area (Å²) in [6.07, 6.45) is 10.6. The molecule has 0 bridgehead atoms. The van der Waals surface area contributed by atoms with Crippen LogP contribution in [-0.2, 0) is 0 Å². The summed E-state index contributed by atoms with van der Waals surface area (Å²) >= 11 is 1.78. The zero-order chi connectivity index (χ0) is 15.4. The molecule has 1 atom stereocenters. The third-order valence-corrected chi connectivity index (χ3v) is 4.23. The predicted octanol–water partition coefficient (Wildman–Crippen LogP) is 3.03. The smallest absolute Gasteiger partial charge is 0.141 e. The molecule has 0 saturated carbocycles. The number of fused-ring (bicyclic) bond motifs is 1. The van der Waals surface area contributed by atoms with Gasteiger partial charge in [-0.1, -0.05) is 0 Å². The Morgan fingerprint density at radius 2 is 2.36 bits per heavy atom. The van der Waals surface area contributed by atoms with Gasteiger partial charge in [-0.3, -0.25) is 4.68 Å². The maximum atomic E-state index is 9.01. The molecule has 0 saturated heterocycles. The Morgan fingerprint density at radius 1 is 1.45 bits per heavy atom. The minimum atomic E-state index is 0.106. The number of nitrogens with zero attached hydrogens (tertiary/aromatic N) is 5. The van der Waals surface area contributed by atoms with Crippen LogP contribution >= 0.6 is 11.8 Å². The van der Waals surface area contributed by atoms with Crippen LogP contribution < -0.4 is 0 Å². The first-order valence-electron chi connectivity index (χ1n) is 7.02. The van der Waals surface area contributed by atoms with Crippen molar-refractivity contribution >= 4 is 22.8 Å². The minimum Gasteiger partial charge on any atom is -0.346 e. The lowest BCUT2D eigenvalue weighted by Crippen LogP contribution is -2.10. The van der Waals surface area contributed by atoms with E-state index in [4.69, 9.17) is 5.26 Å². The van der Waals surface area contributed by atoms with Gasteiger partial charge in [-0.25, -0.2) is 9.97 Å². The number of aromatic amines is 1. The quantitative estimate of drug-likeness (QED) is 0.756. The van der Waals surface area contributed by atoms with Crippen LogP contribution in [0.25, 0.3) is 22.3 Å². The van der Waals surface area contributed by atoms with E-state index >= 15 is 0 Å². The fourth-order valence-corrected chi connectivity index (χ4v) is 2.96. The van der Waals surface area contributed by atoms with E-state index in [1.54, 1.807) is 24.3 Å². The molecule has 1 N–H and O–H groups in total. The molecule has 3 heterocycles. The molecular formula is C15H16N6S. The van der Waals surface area contributed by atoms with Crippen molar-refractivity contribution < 1.29 is 0 Å². The molecule has 0 aromatic carbocycles. The number of nitriles is 1. The van der Waals surface area contributed by atoms with Gasteiger partial charge in [0.05, 0.1) is 30.4 Å². The molecule has 1 unspecified atom stereocenters. The predicted molar refractivity (Wildman–Crippen MR) is 87.4 cm³/mol. The van der Waals surface area contributed by atoms with Crippen molar-refractivity contribution in [2.75, 3.05) is 12.0 Å². The molecule has 3 aromatic rings. The SMILES string of the molecule is CSCCC(CC#N)n1cc(-c2ncnc3[nH]ccc23)cn1. The summed E-state index contributed by atoms with van der Waals surface area (Å²) in [5.41, 5.74) is 2.62. The van der Waals surface area contributed by atoms with Gasteiger partial charge < -0.3 is 4.98 Å². The van der Waals surface area contributed by atoms with Crippen molar-refractivity contribution in [2.45, 2.75) is 18.9 Å². The number of H-pyrrole nitrogens is 1. The van der Waals surface area contributed by atoms with Crippen molar-refractivity contribution in [3.05, 3.63) is 31.0 Å². The summed E-state index contributed by atoms with van der Waals surface area (Å²) in [5.74, 6) is 1.01. The van der Waals surface area contributed by atoms with Crippen molar-refractivity contribution in [2.24, 2.45) is 0 Å². The van der Waals surface area contributed by atoms with Crippen molar-refractivity contribution in [3.63, 3.8) is 0 Å². The van der Waals surface area contributed by atoms with Crippen molar-refractivity contribution in [1.82, 2.24) is 24.7 Å². The molecule has 0 aliphatic rings. The molecule has 3 rings (SSSR count). The van der Waals surface area contributed by atoms with Gasteiger partial charge in [-0.2, -0.15) is 22.1 Å². The van der Waals surface area contributed by atoms with E-state index in [9.17, 15) is 0 Å². The van der Waals surface area contributed by atoms with Crippen LogP contribution in [0.1, 0.15) is 18.9 Å². The van der Waals surface area contributed by atoms with E-state index in [0.29, 0.717) is 6.42 Å². The van der Waals surface area contributed by atoms with E-state index in [1.807, 2.05) is 23.1 Å². The van der Waals surface area contributed by atoms with Gasteiger partial charge >= 0.3 is 0 Å². The fourth-order valence-electron chi connectivity index (χ4n) is 2.45. The number of hydrogen-bond acceptors (Lipinski definition) is 5. The third-order valence-electron chi connectivity index (χ3n) is 3.59. The van der Waals surface area contributed by atoms with Gasteiger partial charge in [-0.15, -0.1) is 0 Å². The van der Waals surface area contributed by atoms with Gasteiger partial charge in [0.25, 0.3) is 0 Å². The lowest BCUT2D eigenvalue weighted by atomic mass is 10.1. The van der Waals surface area contributed by atoms with Crippen LogP contribution in [0, 0.1) is 11.3 Å². The number of rotatable bonds is 6. The average Bonchev–Trinajstić information content (AvgIpc) is 3.19. The summed E-state index contributed by atoms with van der Waals surface area (Å²) < 4.78 is 1.88. The highest BCUT2D eigenvalue weighted by Gasteiger charge is 2.14. The number of thioether (sulfide) groups is 1. The molecule has 6 nitrogen and oxygen atoms in total. The van der Waals surface area contributed by atoms with Gasteiger partial charge in [0.15, 0.2) is 0 Å². The average molecular weight is 312 g/mol. The van der Waals surface area contributed by atoms with E-state index in [0.717, 1.165) is 34.5 Å². The highest BCUT2D eigenvalue weighted by Crippen LogP contribution is 2.26. The van der Waals surface area contributed by atoms with Crippen LogP contribution in [-0.4, -0.2) is 36.7 Å². The van der Waals surface area contributed by atoms with Crippen molar-refractivity contribution in [1.29, 1.82) is 5.26 Å². The van der Waals surface area contributed by atoms with Crippen molar-refractivity contribution in [3.8, 4) is 17.3 Å². The van der Waals surface area contributed by atoms with E-state index in [2.05, 4.69) is 32.4 Å². The lowest BCUT2D eigenvalue weighted by Gasteiger charge is -2.13. The summed E-state index contributed by atoms with van der Waals surface area (Å²) in [6.45, 7) is 0. The first-order chi connectivity index (χ1) is 10.8. The van der Waals surface area contributed by atoms with Gasteiger partial charge in [-0.05, 0) is 24.5 Å². The minimum absolute atomic E-state index is 0.106. The van der Waals surface area contributed by atoms with E-state index in [-0.39, 0.29) is 6.04 Å². The maximum absolute atomic E-state index is 9.01. The lowest BCUT2D eigenvalue weighted by molar-refractivity contribution is 0.451. The second-order valence-corrected chi connectivity index (χ2v) is 5.95. The summed E-state index contributed by atoms with van der Waals surface area (Å²) in [4.78, 5) is 11.7. The van der Waals surface area contributed by atoms with E-state index in [1.165, 1.54) is 0 Å². The highest BCUT2D eigenvalue weighted by atomic mass is 32.2. The second-order valence-electron chi connectivity index (χ2n) is 4.97. The van der Waals surface area contributed by atoms with Crippen LogP contribution in [0.15, 0.2) is 31.0 Å². The van der Waals surface area contributed by atoms with Crippen LogP contribution in [0.4, 0.5) is 0 Å². The molecule has 0 aliphatic carbocycles. The Hall–Kier alpha value is -2.33. The molecule has 3 aromatic heterocycles. The molecule has 22 heavy (non-hydrogen) atoms. The molecule has 0 fully saturated rings. The Balaban J connectivity index is 1.92. The normalized spacial score (nSPS) is 12.4. The summed E-state index contributed by atoms with van der Waals surface area (Å²) in [5, 5.41) is 14.4. The Kier molecular flexibility index (Phi) is 4.39. The van der Waals surface area contributed by atoms with Crippen LogP contribution in [0.3, 0.4) is 0 Å². The molecule has 7 heteroatoms. The molecule has 0 radical (unpaired) electrons. The third kappa shape index (κ3) is 2.83. The molecule has 0 amide bonds. The number of nitrogens with one attached hydrogen (secondary N) is 1. The van der Waals surface area contributed by atoms with Crippen LogP contribution in [0.5, 0.6) is 0 Å². The molecule has 0 aliphatic heterocycles. The first kappa shape index (κ1) is 14.6. The molecular weight excluding hydrogens is 296 g/mol. The Bertz CT molecular complexity index is 800. The Labute approximate surface area is 132 Å². The van der Waals surface area contributed by atoms with Gasteiger partial charge in [0, 0.05) is 23.3 Å². The fraction of sp³-hybridized carbons (Fsp3) is 0.333. The van der Waals surface area contributed by atoms with E-state index < -0.39 is 0 Å². The zero-order valence-electron chi connectivity index (χ0n) is 12.2. The summed E-state index contributed by atoms with van der Waals surface area (Å²) in [7, 11) is 0. The number of hydrogen-bond donors (Lipinski definition) is 1. The van der Waals surface area contributed by atoms with Crippen LogP contribution in [0.2, 0.25) is 0 Å². The maximum Gasteiger partial charge on any atom is 0.141 e. The zero-order valence-corrected chi connectivity index (χ0v) is 13.0. The molecule has 0 spiro atoms. The standard InChI is InChI=1S/C15H16N6S/c1-22-7-4-12(2-5-16)21-9-11(8-20-21)14-13-3-6-17-15(13)19-10-18-14/h3,6,8-10,12H,2,4,7H2,1H3,(H,17,18,19). The van der Waals surface area contributed by atoms with Gasteiger partial charge in [0.2, 0.25) is 0 Å². The monoisotopic (exact) mass is 312 g/mol. The second kappa shape index (κ2) is 6.62. The number of aromatic nitrogens is 5.